The van der Waals surface area contributed by atoms with Crippen LogP contribution in [0.1, 0.15) is 5.56 Å². The number of nitrogens with one attached hydrogen (secondary N) is 3. The van der Waals surface area contributed by atoms with Crippen molar-refractivity contribution in [2.75, 3.05) is 13.6 Å². The lowest BCUT2D eigenvalue weighted by Crippen LogP contribution is -2.36. The Morgan fingerprint density at radius 1 is 1.36 bits per heavy atom. The topological polar surface area (TPSA) is 77.2 Å². The van der Waals surface area contributed by atoms with Crippen LogP contribution < -0.4 is 10.6 Å². The van der Waals surface area contributed by atoms with Crippen LogP contribution in [0.5, 0.6) is 0 Å². The minimum atomic E-state index is -1.01. The summed E-state index contributed by atoms with van der Waals surface area (Å²) in [5.74, 6) is 0. The number of aldehydes is 1. The van der Waals surface area contributed by atoms with E-state index in [4.69, 9.17) is 0 Å². The van der Waals surface area contributed by atoms with Crippen molar-refractivity contribution in [2.24, 2.45) is 0 Å². The number of carbonyl (C=O) groups is 1. The van der Waals surface area contributed by atoms with E-state index in [2.05, 4.69) is 28.8 Å². The van der Waals surface area contributed by atoms with Gasteiger partial charge < -0.3 is 15.4 Å². The number of likely N-dealkylation sites (N-methyl/N-ethyl adjacent to an activating group) is 1. The fourth-order valence-corrected chi connectivity index (χ4v) is 2.60. The van der Waals surface area contributed by atoms with Crippen molar-refractivity contribution in [3.05, 3.63) is 78.7 Å². The Bertz CT molecular complexity index is 830. The fourth-order valence-electron chi connectivity index (χ4n) is 2.60. The molecule has 0 fully saturated rings. The van der Waals surface area contributed by atoms with Gasteiger partial charge in [0.25, 0.3) is 0 Å². The zero-order valence-electron chi connectivity index (χ0n) is 14.3. The second kappa shape index (κ2) is 8.82. The molecule has 130 valence electrons. The number of aliphatic hydroxyl groups is 1. The van der Waals surface area contributed by atoms with Crippen LogP contribution in [0.3, 0.4) is 0 Å². The van der Waals surface area contributed by atoms with Gasteiger partial charge in [0.2, 0.25) is 0 Å². The highest BCUT2D eigenvalue weighted by Gasteiger charge is 2.18. The Balaban J connectivity index is 2.50. The van der Waals surface area contributed by atoms with Gasteiger partial charge in [-0.15, -0.1) is 0 Å². The van der Waals surface area contributed by atoms with Crippen LogP contribution in [0, 0.1) is 0 Å². The average molecular weight is 337 g/mol. The molecule has 5 nitrogen and oxygen atoms in total. The predicted octanol–water partition coefficient (Wildman–Crippen LogP) is 2.50. The minimum Gasteiger partial charge on any atom is -0.380 e. The lowest BCUT2D eigenvalue weighted by molar-refractivity contribution is -0.103. The number of aromatic nitrogens is 1. The van der Waals surface area contributed by atoms with E-state index in [1.165, 1.54) is 0 Å². The van der Waals surface area contributed by atoms with E-state index in [-0.39, 0.29) is 0 Å². The van der Waals surface area contributed by atoms with E-state index in [1.807, 2.05) is 30.3 Å². The van der Waals surface area contributed by atoms with Crippen molar-refractivity contribution in [1.82, 2.24) is 15.6 Å². The Morgan fingerprint density at radius 3 is 2.76 bits per heavy atom. The summed E-state index contributed by atoms with van der Waals surface area (Å²) in [6, 6.07) is 7.70. The van der Waals surface area contributed by atoms with E-state index in [9.17, 15) is 9.90 Å². The van der Waals surface area contributed by atoms with Crippen LogP contribution in [0.4, 0.5) is 0 Å². The standard InChI is InChI=1S/C20H23N3O2/c1-4-8-14(5-2)11-23-19(20(25)21-3)17(13-24)16-12-22-18-10-7-6-9-15(16)18/h4-10,12-13,20-23,25H,1-2,11H2,3H3/b14-8+,19-17-. The summed E-state index contributed by atoms with van der Waals surface area (Å²) in [7, 11) is 1.62. The molecule has 2 rings (SSSR count). The molecule has 0 aliphatic rings. The number of fused-ring (bicyclic) bond motifs is 1. The SMILES string of the molecule is C=C/C=C(\C=C)CN/C(=C(/C=O)c1c[nH]c2ccccc12)C(O)NC. The molecule has 1 aromatic heterocycles. The van der Waals surface area contributed by atoms with Crippen molar-refractivity contribution in [3.63, 3.8) is 0 Å². The van der Waals surface area contributed by atoms with E-state index in [0.717, 1.165) is 28.3 Å². The number of carbonyl (C=O) groups excluding carboxylic acids is 1. The van der Waals surface area contributed by atoms with Crippen molar-refractivity contribution in [2.45, 2.75) is 6.23 Å². The molecule has 25 heavy (non-hydrogen) atoms. The number of hydrogen-bond donors (Lipinski definition) is 4. The molecule has 4 N–H and O–H groups in total. The Morgan fingerprint density at radius 2 is 2.12 bits per heavy atom. The fraction of sp³-hybridized carbons (Fsp3) is 0.150. The first-order valence-electron chi connectivity index (χ1n) is 7.95. The third kappa shape index (κ3) is 4.15. The first kappa shape index (κ1) is 18.4. The van der Waals surface area contributed by atoms with Crippen molar-refractivity contribution in [3.8, 4) is 0 Å². The third-order valence-electron chi connectivity index (χ3n) is 3.91. The lowest BCUT2D eigenvalue weighted by Gasteiger charge is -2.19. The van der Waals surface area contributed by atoms with Gasteiger partial charge in [0.05, 0.1) is 5.70 Å². The van der Waals surface area contributed by atoms with Gasteiger partial charge in [0, 0.05) is 34.8 Å². The zero-order chi connectivity index (χ0) is 18.2. The third-order valence-corrected chi connectivity index (χ3v) is 3.91. The molecule has 1 heterocycles. The highest BCUT2D eigenvalue weighted by molar-refractivity contribution is 6.13. The van der Waals surface area contributed by atoms with Gasteiger partial charge >= 0.3 is 0 Å². The smallest absolute Gasteiger partial charge is 0.152 e. The second-order valence-electron chi connectivity index (χ2n) is 5.42. The number of benzene rings is 1. The summed E-state index contributed by atoms with van der Waals surface area (Å²) in [5.41, 5.74) is 3.34. The Labute approximate surface area is 147 Å². The molecular formula is C20H23N3O2. The minimum absolute atomic E-state index is 0.390. The molecule has 0 saturated carbocycles. The summed E-state index contributed by atoms with van der Waals surface area (Å²) in [4.78, 5) is 15.0. The molecule has 1 aromatic carbocycles. The maximum atomic E-state index is 11.8. The molecule has 0 aliphatic heterocycles. The summed E-state index contributed by atoms with van der Waals surface area (Å²) in [6.45, 7) is 7.83. The molecule has 0 spiro atoms. The molecule has 0 radical (unpaired) electrons. The number of hydrogen-bond acceptors (Lipinski definition) is 4. The Kier molecular flexibility index (Phi) is 6.51. The van der Waals surface area contributed by atoms with E-state index in [0.29, 0.717) is 17.8 Å². The van der Waals surface area contributed by atoms with Gasteiger partial charge in [-0.05, 0) is 18.7 Å². The quantitative estimate of drug-likeness (QED) is 0.245. The van der Waals surface area contributed by atoms with Gasteiger partial charge in [-0.2, -0.15) is 0 Å². The molecule has 0 aliphatic carbocycles. The summed E-state index contributed by atoms with van der Waals surface area (Å²) < 4.78 is 0. The van der Waals surface area contributed by atoms with E-state index in [1.54, 1.807) is 25.4 Å². The molecule has 1 unspecified atom stereocenters. The highest BCUT2D eigenvalue weighted by Crippen LogP contribution is 2.26. The predicted molar refractivity (Wildman–Crippen MR) is 103 cm³/mol. The first-order chi connectivity index (χ1) is 12.2. The molecule has 0 saturated heterocycles. The van der Waals surface area contributed by atoms with Crippen molar-refractivity contribution in [1.29, 1.82) is 0 Å². The normalized spacial score (nSPS) is 13.9. The molecule has 0 amide bonds. The average Bonchev–Trinajstić information content (AvgIpc) is 3.07. The first-order valence-corrected chi connectivity index (χ1v) is 7.95. The highest BCUT2D eigenvalue weighted by atomic mass is 16.3. The summed E-state index contributed by atoms with van der Waals surface area (Å²) in [6.07, 6.45) is 6.69. The lowest BCUT2D eigenvalue weighted by atomic mass is 10.0. The number of aromatic amines is 1. The van der Waals surface area contributed by atoms with Gasteiger partial charge in [-0.1, -0.05) is 49.6 Å². The van der Waals surface area contributed by atoms with Crippen LogP contribution in [-0.4, -0.2) is 36.2 Å². The molecule has 2 aromatic rings. The summed E-state index contributed by atoms with van der Waals surface area (Å²) in [5, 5.41) is 17.2. The van der Waals surface area contributed by atoms with Gasteiger partial charge in [0.1, 0.15) is 6.23 Å². The van der Waals surface area contributed by atoms with Crippen LogP contribution in [0.25, 0.3) is 16.5 Å². The van der Waals surface area contributed by atoms with Crippen LogP contribution >= 0.6 is 0 Å². The number of aliphatic hydroxyl groups excluding tert-OH is 1. The van der Waals surface area contributed by atoms with Gasteiger partial charge in [-0.25, -0.2) is 0 Å². The number of rotatable bonds is 9. The van der Waals surface area contributed by atoms with E-state index < -0.39 is 6.23 Å². The number of para-hydroxylation sites is 1. The van der Waals surface area contributed by atoms with Gasteiger partial charge in [0.15, 0.2) is 6.29 Å². The van der Waals surface area contributed by atoms with Gasteiger partial charge in [-0.3, -0.25) is 10.1 Å². The zero-order valence-corrected chi connectivity index (χ0v) is 14.3. The molecule has 5 heteroatoms. The maximum absolute atomic E-state index is 11.8. The number of allylic oxidation sites excluding steroid dienone is 3. The monoisotopic (exact) mass is 337 g/mol. The Hall–Kier alpha value is -2.89. The molecule has 1 atom stereocenters. The van der Waals surface area contributed by atoms with Crippen LogP contribution in [-0.2, 0) is 4.79 Å². The van der Waals surface area contributed by atoms with E-state index >= 15 is 0 Å². The van der Waals surface area contributed by atoms with Crippen LogP contribution in [0.2, 0.25) is 0 Å². The molecule has 0 bridgehead atoms. The largest absolute Gasteiger partial charge is 0.380 e. The number of H-pyrrole nitrogens is 1. The maximum Gasteiger partial charge on any atom is 0.152 e. The van der Waals surface area contributed by atoms with Crippen LogP contribution in [0.15, 0.2) is 73.1 Å². The second-order valence-corrected chi connectivity index (χ2v) is 5.42. The summed E-state index contributed by atoms with van der Waals surface area (Å²) >= 11 is 0. The van der Waals surface area contributed by atoms with Crippen molar-refractivity contribution >= 4 is 22.8 Å². The van der Waals surface area contributed by atoms with Crippen molar-refractivity contribution < 1.29 is 9.90 Å². The molecular weight excluding hydrogens is 314 g/mol.